The molecule has 0 aliphatic rings. The molecule has 0 saturated heterocycles. The Morgan fingerprint density at radius 2 is 1.67 bits per heavy atom. The van der Waals surface area contributed by atoms with Crippen molar-refractivity contribution in [1.82, 2.24) is 4.57 Å². The van der Waals surface area contributed by atoms with Gasteiger partial charge in [-0.15, -0.1) is 0 Å². The minimum Gasteiger partial charge on any atom is -0.352 e. The molecule has 12 heavy (non-hydrogen) atoms. The van der Waals surface area contributed by atoms with Crippen LogP contribution in [0.1, 0.15) is 45.0 Å². The van der Waals surface area contributed by atoms with Gasteiger partial charge in [-0.1, -0.05) is 27.7 Å². The fraction of sp³-hybridized carbons (Fsp3) is 0.636. The third-order valence-corrected chi connectivity index (χ3v) is 2.00. The first-order valence-corrected chi connectivity index (χ1v) is 4.75. The molecule has 70 valence electrons. The molecule has 0 fully saturated rings. The normalized spacial score (nSPS) is 9.58. The first kappa shape index (κ1) is 11.3. The van der Waals surface area contributed by atoms with Crippen molar-refractivity contribution >= 4 is 0 Å². The predicted molar refractivity (Wildman–Crippen MR) is 55.6 cm³/mol. The fourth-order valence-corrected chi connectivity index (χ4v) is 1.21. The highest BCUT2D eigenvalue weighted by molar-refractivity contribution is 5.17. The standard InChI is InChI=1S/C9H15N.C2H6/c1-7(2)9-6-5-8(3)10(9)4;1-2/h5-7H,1-4H3;1-2H3. The van der Waals surface area contributed by atoms with Crippen LogP contribution >= 0.6 is 0 Å². The van der Waals surface area contributed by atoms with E-state index in [0.29, 0.717) is 5.92 Å². The molecule has 0 spiro atoms. The Kier molecular flexibility index (Phi) is 4.72. The van der Waals surface area contributed by atoms with Crippen LogP contribution in [0.5, 0.6) is 0 Å². The van der Waals surface area contributed by atoms with Crippen molar-refractivity contribution in [3.05, 3.63) is 23.5 Å². The summed E-state index contributed by atoms with van der Waals surface area (Å²) in [5.41, 5.74) is 2.75. The molecule has 0 atom stereocenters. The van der Waals surface area contributed by atoms with Crippen molar-refractivity contribution in [2.75, 3.05) is 0 Å². The topological polar surface area (TPSA) is 4.93 Å². The third kappa shape index (κ3) is 2.40. The van der Waals surface area contributed by atoms with Crippen molar-refractivity contribution in [3.63, 3.8) is 0 Å². The molecule has 0 aliphatic heterocycles. The second kappa shape index (κ2) is 5.02. The Hall–Kier alpha value is -0.720. The molecule has 1 aromatic rings. The maximum Gasteiger partial charge on any atom is 0.0199 e. The summed E-state index contributed by atoms with van der Waals surface area (Å²) in [7, 11) is 2.12. The lowest BCUT2D eigenvalue weighted by atomic mass is 10.1. The maximum atomic E-state index is 2.24. The molecule has 0 unspecified atom stereocenters. The van der Waals surface area contributed by atoms with Crippen LogP contribution in [0.25, 0.3) is 0 Å². The SMILES string of the molecule is CC.Cc1ccc(C(C)C)n1C. The van der Waals surface area contributed by atoms with Crippen LogP contribution in [0, 0.1) is 6.92 Å². The molecule has 1 rings (SSSR count). The quantitative estimate of drug-likeness (QED) is 0.603. The number of aromatic nitrogens is 1. The van der Waals surface area contributed by atoms with Crippen molar-refractivity contribution in [1.29, 1.82) is 0 Å². The Bertz CT molecular complexity index is 221. The summed E-state index contributed by atoms with van der Waals surface area (Å²) in [6, 6.07) is 4.36. The smallest absolute Gasteiger partial charge is 0.0199 e. The van der Waals surface area contributed by atoms with Gasteiger partial charge in [0.05, 0.1) is 0 Å². The van der Waals surface area contributed by atoms with Crippen LogP contribution in [0.15, 0.2) is 12.1 Å². The summed E-state index contributed by atoms with van der Waals surface area (Å²) in [4.78, 5) is 0. The van der Waals surface area contributed by atoms with Gasteiger partial charge in [-0.2, -0.15) is 0 Å². The summed E-state index contributed by atoms with van der Waals surface area (Å²) in [6.45, 7) is 10.6. The van der Waals surface area contributed by atoms with Gasteiger partial charge >= 0.3 is 0 Å². The van der Waals surface area contributed by atoms with Crippen molar-refractivity contribution < 1.29 is 0 Å². The van der Waals surface area contributed by atoms with Gasteiger partial charge in [0.15, 0.2) is 0 Å². The largest absolute Gasteiger partial charge is 0.352 e. The number of nitrogens with zero attached hydrogens (tertiary/aromatic N) is 1. The Balaban J connectivity index is 0.000000561. The molecule has 1 heterocycles. The first-order valence-electron chi connectivity index (χ1n) is 4.75. The lowest BCUT2D eigenvalue weighted by molar-refractivity contribution is 0.727. The van der Waals surface area contributed by atoms with Gasteiger partial charge in [-0.05, 0) is 25.0 Å². The molecule has 0 amide bonds. The van der Waals surface area contributed by atoms with E-state index in [1.54, 1.807) is 0 Å². The second-order valence-electron chi connectivity index (χ2n) is 3.11. The lowest BCUT2D eigenvalue weighted by Gasteiger charge is -2.07. The van der Waals surface area contributed by atoms with E-state index in [1.807, 2.05) is 13.8 Å². The molecule has 0 aliphatic carbocycles. The first-order chi connectivity index (χ1) is 5.63. The Labute approximate surface area is 76.4 Å². The van der Waals surface area contributed by atoms with E-state index < -0.39 is 0 Å². The molecule has 0 bridgehead atoms. The summed E-state index contributed by atoms with van der Waals surface area (Å²) in [5, 5.41) is 0. The molecule has 0 radical (unpaired) electrons. The molecule has 1 aromatic heterocycles. The molecule has 0 saturated carbocycles. The van der Waals surface area contributed by atoms with Gasteiger partial charge in [0.25, 0.3) is 0 Å². The average molecular weight is 167 g/mol. The van der Waals surface area contributed by atoms with Crippen molar-refractivity contribution in [2.45, 2.75) is 40.5 Å². The van der Waals surface area contributed by atoms with E-state index in [0.717, 1.165) is 0 Å². The van der Waals surface area contributed by atoms with Gasteiger partial charge in [0.2, 0.25) is 0 Å². The van der Waals surface area contributed by atoms with Gasteiger partial charge < -0.3 is 4.57 Å². The van der Waals surface area contributed by atoms with Crippen molar-refractivity contribution in [2.24, 2.45) is 7.05 Å². The summed E-state index contributed by atoms with van der Waals surface area (Å²) >= 11 is 0. The molecule has 0 aromatic carbocycles. The third-order valence-electron chi connectivity index (χ3n) is 2.00. The van der Waals surface area contributed by atoms with Crippen molar-refractivity contribution in [3.8, 4) is 0 Å². The molecule has 1 heteroatoms. The zero-order valence-electron chi connectivity index (χ0n) is 9.18. The highest BCUT2D eigenvalue weighted by atomic mass is 14.9. The van der Waals surface area contributed by atoms with Crippen LogP contribution in [0.4, 0.5) is 0 Å². The van der Waals surface area contributed by atoms with Gasteiger partial charge in [-0.25, -0.2) is 0 Å². The highest BCUT2D eigenvalue weighted by Crippen LogP contribution is 2.15. The van der Waals surface area contributed by atoms with E-state index in [4.69, 9.17) is 0 Å². The second-order valence-corrected chi connectivity index (χ2v) is 3.11. The van der Waals surface area contributed by atoms with E-state index in [-0.39, 0.29) is 0 Å². The van der Waals surface area contributed by atoms with E-state index >= 15 is 0 Å². The van der Waals surface area contributed by atoms with Gasteiger partial charge in [0, 0.05) is 18.4 Å². The Morgan fingerprint density at radius 3 is 1.83 bits per heavy atom. The zero-order valence-corrected chi connectivity index (χ0v) is 9.18. The van der Waals surface area contributed by atoms with E-state index in [1.165, 1.54) is 11.4 Å². The summed E-state index contributed by atoms with van der Waals surface area (Å²) < 4.78 is 2.24. The van der Waals surface area contributed by atoms with Gasteiger partial charge in [-0.3, -0.25) is 0 Å². The summed E-state index contributed by atoms with van der Waals surface area (Å²) in [5.74, 6) is 0.638. The fourth-order valence-electron chi connectivity index (χ4n) is 1.21. The number of hydrogen-bond acceptors (Lipinski definition) is 0. The number of hydrogen-bond donors (Lipinski definition) is 0. The van der Waals surface area contributed by atoms with Gasteiger partial charge in [0.1, 0.15) is 0 Å². The van der Waals surface area contributed by atoms with Crippen LogP contribution < -0.4 is 0 Å². The van der Waals surface area contributed by atoms with Crippen LogP contribution in [0.3, 0.4) is 0 Å². The van der Waals surface area contributed by atoms with Crippen LogP contribution in [-0.4, -0.2) is 4.57 Å². The zero-order chi connectivity index (χ0) is 9.72. The highest BCUT2D eigenvalue weighted by Gasteiger charge is 2.03. The maximum absolute atomic E-state index is 2.24. The summed E-state index contributed by atoms with van der Waals surface area (Å²) in [6.07, 6.45) is 0. The van der Waals surface area contributed by atoms with Crippen LogP contribution in [0.2, 0.25) is 0 Å². The molecular formula is C11H21N. The molecular weight excluding hydrogens is 146 g/mol. The average Bonchev–Trinajstić information content (AvgIpc) is 2.37. The number of rotatable bonds is 1. The molecule has 0 N–H and O–H groups in total. The lowest BCUT2D eigenvalue weighted by Crippen LogP contribution is -1.99. The molecule has 1 nitrogen and oxygen atoms in total. The number of aryl methyl sites for hydroxylation is 1. The monoisotopic (exact) mass is 167 g/mol. The van der Waals surface area contributed by atoms with Crippen LogP contribution in [-0.2, 0) is 7.05 Å². The Morgan fingerprint density at radius 1 is 1.17 bits per heavy atom. The van der Waals surface area contributed by atoms with E-state index in [9.17, 15) is 0 Å². The predicted octanol–water partition coefficient (Wildman–Crippen LogP) is 3.48. The van der Waals surface area contributed by atoms with E-state index in [2.05, 4.69) is 44.5 Å². The minimum absolute atomic E-state index is 0.638. The minimum atomic E-state index is 0.638.